The van der Waals surface area contributed by atoms with Gasteiger partial charge in [0.05, 0.1) is 19.2 Å². The lowest BCUT2D eigenvalue weighted by Crippen LogP contribution is -2.35. The molecule has 1 saturated heterocycles. The van der Waals surface area contributed by atoms with Crippen LogP contribution >= 0.6 is 0 Å². The molecule has 1 aromatic carbocycles. The van der Waals surface area contributed by atoms with E-state index in [1.165, 1.54) is 0 Å². The Morgan fingerprint density at radius 3 is 2.67 bits per heavy atom. The first-order valence-corrected chi connectivity index (χ1v) is 12.1. The quantitative estimate of drug-likeness (QED) is 0.639. The molecule has 0 bridgehead atoms. The van der Waals surface area contributed by atoms with E-state index in [-0.39, 0.29) is 17.5 Å². The van der Waals surface area contributed by atoms with Gasteiger partial charge in [0.2, 0.25) is 5.91 Å². The zero-order valence-corrected chi connectivity index (χ0v) is 20.0. The number of nitrogens with zero attached hydrogens (tertiary/aromatic N) is 4. The van der Waals surface area contributed by atoms with Gasteiger partial charge in [-0.1, -0.05) is 19.9 Å². The molecule has 1 amide bonds. The minimum atomic E-state index is -2.51. The molecule has 1 aromatic heterocycles. The molecule has 1 unspecified atom stereocenters. The predicted octanol–water partition coefficient (Wildman–Crippen LogP) is 5.11. The van der Waals surface area contributed by atoms with E-state index in [0.717, 1.165) is 67.2 Å². The molecule has 0 aliphatic carbocycles. The maximum Gasteiger partial charge on any atom is 0.264 e. The van der Waals surface area contributed by atoms with E-state index in [0.29, 0.717) is 25.3 Å². The summed E-state index contributed by atoms with van der Waals surface area (Å²) in [4.78, 5) is 16.0. The van der Waals surface area contributed by atoms with Crippen molar-refractivity contribution in [3.8, 4) is 0 Å². The van der Waals surface area contributed by atoms with Crippen LogP contribution in [0, 0.1) is 6.92 Å². The van der Waals surface area contributed by atoms with Crippen molar-refractivity contribution in [3.63, 3.8) is 0 Å². The SMILES string of the molecule is CC.CC(=O)N1CCc2c(c(N3CCCc4cc(C)c(C(F)F)cc43)nn2C2CCOC2)C1. The Labute approximate surface area is 194 Å². The van der Waals surface area contributed by atoms with Crippen molar-refractivity contribution in [2.75, 3.05) is 31.2 Å². The number of amides is 1. The average Bonchev–Trinajstić information content (AvgIpc) is 3.47. The molecule has 3 aliphatic heterocycles. The number of benzene rings is 1. The van der Waals surface area contributed by atoms with Gasteiger partial charge < -0.3 is 14.5 Å². The molecule has 0 spiro atoms. The van der Waals surface area contributed by atoms with Gasteiger partial charge in [-0.15, -0.1) is 0 Å². The number of anilines is 2. The summed E-state index contributed by atoms with van der Waals surface area (Å²) in [5.74, 6) is 0.848. The van der Waals surface area contributed by atoms with Gasteiger partial charge in [-0.25, -0.2) is 8.78 Å². The van der Waals surface area contributed by atoms with Gasteiger partial charge in [-0.2, -0.15) is 5.10 Å². The number of aryl methyl sites for hydroxylation is 2. The molecule has 1 fully saturated rings. The number of carbonyl (C=O) groups excluding carboxylic acids is 1. The lowest BCUT2D eigenvalue weighted by molar-refractivity contribution is -0.129. The van der Waals surface area contributed by atoms with Gasteiger partial charge in [-0.05, 0) is 43.4 Å². The predicted molar refractivity (Wildman–Crippen MR) is 124 cm³/mol. The molecule has 0 radical (unpaired) electrons. The highest BCUT2D eigenvalue weighted by Crippen LogP contribution is 2.41. The summed E-state index contributed by atoms with van der Waals surface area (Å²) in [7, 11) is 0. The molecule has 1 atom stereocenters. The van der Waals surface area contributed by atoms with Crippen molar-refractivity contribution in [1.29, 1.82) is 0 Å². The Morgan fingerprint density at radius 1 is 1.21 bits per heavy atom. The fraction of sp³-hybridized carbons (Fsp3) is 0.600. The molecular weight excluding hydrogens is 426 g/mol. The molecule has 3 aliphatic rings. The molecule has 6 nitrogen and oxygen atoms in total. The normalized spacial score (nSPS) is 19.8. The fourth-order valence-corrected chi connectivity index (χ4v) is 5.16. The van der Waals surface area contributed by atoms with Crippen molar-refractivity contribution >= 4 is 17.4 Å². The molecule has 8 heteroatoms. The minimum absolute atomic E-state index is 0.0446. The van der Waals surface area contributed by atoms with Crippen molar-refractivity contribution < 1.29 is 18.3 Å². The fourth-order valence-electron chi connectivity index (χ4n) is 5.16. The number of fused-ring (bicyclic) bond motifs is 2. The van der Waals surface area contributed by atoms with E-state index >= 15 is 0 Å². The second kappa shape index (κ2) is 9.79. The van der Waals surface area contributed by atoms with Gasteiger partial charge >= 0.3 is 0 Å². The van der Waals surface area contributed by atoms with Gasteiger partial charge in [-0.3, -0.25) is 9.48 Å². The maximum atomic E-state index is 13.7. The molecule has 4 heterocycles. The van der Waals surface area contributed by atoms with Crippen LogP contribution < -0.4 is 4.90 Å². The largest absolute Gasteiger partial charge is 0.379 e. The van der Waals surface area contributed by atoms with Crippen LogP contribution in [-0.4, -0.2) is 46.9 Å². The monoisotopic (exact) mass is 460 g/mol. The number of halogens is 2. The smallest absolute Gasteiger partial charge is 0.264 e. The van der Waals surface area contributed by atoms with Gasteiger partial charge in [0, 0.05) is 55.5 Å². The first-order valence-electron chi connectivity index (χ1n) is 12.1. The molecular formula is C25H34F2N4O2. The third kappa shape index (κ3) is 4.37. The molecule has 5 rings (SSSR count). The number of carbonyl (C=O) groups is 1. The van der Waals surface area contributed by atoms with Crippen molar-refractivity contribution in [3.05, 3.63) is 40.1 Å². The molecule has 0 N–H and O–H groups in total. The minimum Gasteiger partial charge on any atom is -0.379 e. The second-order valence-corrected chi connectivity index (χ2v) is 8.79. The van der Waals surface area contributed by atoms with Crippen LogP contribution in [0.2, 0.25) is 0 Å². The summed E-state index contributed by atoms with van der Waals surface area (Å²) in [6, 6.07) is 3.73. The van der Waals surface area contributed by atoms with Crippen LogP contribution in [0.15, 0.2) is 12.1 Å². The Bertz CT molecular complexity index is 1010. The van der Waals surface area contributed by atoms with Crippen molar-refractivity contribution in [1.82, 2.24) is 14.7 Å². The highest BCUT2D eigenvalue weighted by molar-refractivity contribution is 5.75. The number of aromatic nitrogens is 2. The van der Waals surface area contributed by atoms with Gasteiger partial charge in [0.1, 0.15) is 0 Å². The first kappa shape index (κ1) is 23.7. The van der Waals surface area contributed by atoms with Gasteiger partial charge in [0.15, 0.2) is 5.82 Å². The summed E-state index contributed by atoms with van der Waals surface area (Å²) in [6.45, 7) is 10.6. The standard InChI is InChI=1S/C23H28F2N4O2.C2H6/c1-14-10-16-4-3-7-28(21(16)11-18(14)22(24)25)23-19-12-27(15(2)30)8-5-20(19)29(26-23)17-6-9-31-13-17;1-2/h10-11,17,22H,3-9,12-13H2,1-2H3;1-2H3. The molecule has 180 valence electrons. The van der Waals surface area contributed by atoms with Crippen LogP contribution in [0.3, 0.4) is 0 Å². The zero-order chi connectivity index (χ0) is 23.7. The Morgan fingerprint density at radius 2 is 2.00 bits per heavy atom. The Hall–Kier alpha value is -2.48. The van der Waals surface area contributed by atoms with E-state index in [1.54, 1.807) is 19.9 Å². The summed E-state index contributed by atoms with van der Waals surface area (Å²) >= 11 is 0. The summed E-state index contributed by atoms with van der Waals surface area (Å²) < 4.78 is 35.0. The van der Waals surface area contributed by atoms with E-state index in [2.05, 4.69) is 9.58 Å². The molecule has 33 heavy (non-hydrogen) atoms. The lowest BCUT2D eigenvalue weighted by atomic mass is 9.95. The molecule has 0 saturated carbocycles. The summed E-state index contributed by atoms with van der Waals surface area (Å²) in [5.41, 5.74) is 4.81. The zero-order valence-electron chi connectivity index (χ0n) is 20.0. The molecule has 2 aromatic rings. The van der Waals surface area contributed by atoms with E-state index in [4.69, 9.17) is 9.84 Å². The number of rotatable bonds is 3. The third-order valence-corrected chi connectivity index (χ3v) is 6.84. The van der Waals surface area contributed by atoms with E-state index in [9.17, 15) is 13.6 Å². The van der Waals surface area contributed by atoms with E-state index in [1.807, 2.05) is 24.8 Å². The number of alkyl halides is 2. The first-order chi connectivity index (χ1) is 15.9. The number of hydrogen-bond acceptors (Lipinski definition) is 4. The Balaban J connectivity index is 0.00000126. The van der Waals surface area contributed by atoms with Crippen LogP contribution in [0.1, 0.15) is 74.0 Å². The van der Waals surface area contributed by atoms with Crippen LogP contribution in [0.25, 0.3) is 0 Å². The van der Waals surface area contributed by atoms with Crippen LogP contribution in [0.4, 0.5) is 20.3 Å². The van der Waals surface area contributed by atoms with Gasteiger partial charge in [0.25, 0.3) is 6.43 Å². The average molecular weight is 461 g/mol. The van der Waals surface area contributed by atoms with Crippen molar-refractivity contribution in [2.45, 2.75) is 72.4 Å². The van der Waals surface area contributed by atoms with E-state index < -0.39 is 6.43 Å². The topological polar surface area (TPSA) is 50.6 Å². The maximum absolute atomic E-state index is 13.7. The second-order valence-electron chi connectivity index (χ2n) is 8.79. The summed E-state index contributed by atoms with van der Waals surface area (Å²) in [5, 5.41) is 5.02. The highest BCUT2D eigenvalue weighted by atomic mass is 19.3. The Kier molecular flexibility index (Phi) is 7.02. The number of hydrogen-bond donors (Lipinski definition) is 0. The van der Waals surface area contributed by atoms with Crippen LogP contribution in [0.5, 0.6) is 0 Å². The highest BCUT2D eigenvalue weighted by Gasteiger charge is 2.34. The van der Waals surface area contributed by atoms with Crippen LogP contribution in [-0.2, 0) is 28.9 Å². The summed E-state index contributed by atoms with van der Waals surface area (Å²) in [6.07, 6.45) is 0.953. The lowest BCUT2D eigenvalue weighted by Gasteiger charge is -2.33. The van der Waals surface area contributed by atoms with Crippen molar-refractivity contribution in [2.24, 2.45) is 0 Å². The third-order valence-electron chi connectivity index (χ3n) is 6.84. The number of ether oxygens (including phenoxy) is 1.